The van der Waals surface area contributed by atoms with Crippen LogP contribution >= 0.6 is 15.9 Å². The quantitative estimate of drug-likeness (QED) is 0.850. The average Bonchev–Trinajstić information content (AvgIpc) is 2.25. The van der Waals surface area contributed by atoms with Crippen molar-refractivity contribution in [3.8, 4) is 0 Å². The lowest BCUT2D eigenvalue weighted by Crippen LogP contribution is -2.37. The molecule has 0 aliphatic heterocycles. The van der Waals surface area contributed by atoms with E-state index >= 15 is 0 Å². The largest absolute Gasteiger partial charge is 0.328 e. The van der Waals surface area contributed by atoms with Crippen molar-refractivity contribution in [1.29, 1.82) is 0 Å². The summed E-state index contributed by atoms with van der Waals surface area (Å²) >= 11 is 3.10. The van der Waals surface area contributed by atoms with E-state index in [9.17, 15) is 9.59 Å². The van der Waals surface area contributed by atoms with E-state index in [-0.39, 0.29) is 5.69 Å². The fraction of sp³-hybridized carbons (Fsp3) is 0.636. The van der Waals surface area contributed by atoms with Gasteiger partial charge >= 0.3 is 5.69 Å². The van der Waals surface area contributed by atoms with E-state index in [1.807, 2.05) is 0 Å². The molecule has 0 fully saturated rings. The summed E-state index contributed by atoms with van der Waals surface area (Å²) < 4.78 is 1.85. The molecule has 0 amide bonds. The molecule has 17 heavy (non-hydrogen) atoms. The predicted molar refractivity (Wildman–Crippen MR) is 71.3 cm³/mol. The molecule has 0 saturated carbocycles. The van der Waals surface area contributed by atoms with Gasteiger partial charge in [-0.2, -0.15) is 0 Å². The summed E-state index contributed by atoms with van der Waals surface area (Å²) in [5, 5.41) is 3.32. The number of nitrogens with zero attached hydrogens (tertiary/aromatic N) is 1. The molecule has 1 atom stereocenters. The second kappa shape index (κ2) is 6.16. The van der Waals surface area contributed by atoms with E-state index in [4.69, 9.17) is 0 Å². The Morgan fingerprint density at radius 3 is 2.65 bits per heavy atom. The molecule has 96 valence electrons. The first-order chi connectivity index (χ1) is 7.91. The number of hydrogen-bond acceptors (Lipinski definition) is 3. The van der Waals surface area contributed by atoms with Gasteiger partial charge in [0.15, 0.2) is 0 Å². The Morgan fingerprint density at radius 1 is 1.41 bits per heavy atom. The van der Waals surface area contributed by atoms with E-state index in [0.29, 0.717) is 29.5 Å². The Balaban J connectivity index is 2.62. The standard InChI is InChI=1S/C11H18BrN3O2/c1-7(2)8(3)13-4-5-15-6-9(12)10(16)14-11(15)17/h6-8,13H,4-5H2,1-3H3,(H,14,16,17). The van der Waals surface area contributed by atoms with E-state index in [0.717, 1.165) is 0 Å². The summed E-state index contributed by atoms with van der Waals surface area (Å²) in [5.41, 5.74) is -0.771. The monoisotopic (exact) mass is 303 g/mol. The second-order valence-electron chi connectivity index (χ2n) is 4.42. The lowest BCUT2D eigenvalue weighted by molar-refractivity contribution is 0.414. The van der Waals surface area contributed by atoms with Gasteiger partial charge in [0, 0.05) is 25.3 Å². The molecule has 0 spiro atoms. The van der Waals surface area contributed by atoms with E-state index in [1.165, 1.54) is 10.8 Å². The molecule has 0 radical (unpaired) electrons. The van der Waals surface area contributed by atoms with E-state index in [2.05, 4.69) is 47.0 Å². The predicted octanol–water partition coefficient (Wildman–Crippen LogP) is 0.933. The van der Waals surface area contributed by atoms with Crippen LogP contribution in [0.25, 0.3) is 0 Å². The molecule has 1 heterocycles. The minimum atomic E-state index is -0.394. The maximum atomic E-state index is 11.5. The SMILES string of the molecule is CC(C)C(C)NCCn1cc(Br)c(=O)[nH]c1=O. The average molecular weight is 304 g/mol. The minimum Gasteiger partial charge on any atom is -0.312 e. The smallest absolute Gasteiger partial charge is 0.312 e. The zero-order valence-electron chi connectivity index (χ0n) is 10.3. The highest BCUT2D eigenvalue weighted by Gasteiger charge is 2.06. The third-order valence-electron chi connectivity index (χ3n) is 2.79. The lowest BCUT2D eigenvalue weighted by Gasteiger charge is -2.17. The zero-order valence-corrected chi connectivity index (χ0v) is 11.9. The molecule has 0 aliphatic rings. The Hall–Kier alpha value is -0.880. The van der Waals surface area contributed by atoms with Gasteiger partial charge in [-0.25, -0.2) is 4.79 Å². The van der Waals surface area contributed by atoms with Crippen LogP contribution in [0.1, 0.15) is 20.8 Å². The first-order valence-electron chi connectivity index (χ1n) is 5.64. The molecule has 6 heteroatoms. The van der Waals surface area contributed by atoms with Gasteiger partial charge in [0.05, 0.1) is 4.47 Å². The van der Waals surface area contributed by atoms with Crippen LogP contribution in [-0.4, -0.2) is 22.1 Å². The fourth-order valence-corrected chi connectivity index (χ4v) is 1.64. The molecule has 0 aromatic carbocycles. The van der Waals surface area contributed by atoms with Gasteiger partial charge < -0.3 is 5.32 Å². The van der Waals surface area contributed by atoms with Crippen molar-refractivity contribution in [3.05, 3.63) is 31.5 Å². The highest BCUT2D eigenvalue weighted by atomic mass is 79.9. The minimum absolute atomic E-state index is 0.369. The number of hydrogen-bond donors (Lipinski definition) is 2. The van der Waals surface area contributed by atoms with Crippen molar-refractivity contribution >= 4 is 15.9 Å². The van der Waals surface area contributed by atoms with Gasteiger partial charge in [-0.1, -0.05) is 13.8 Å². The molecular formula is C11H18BrN3O2. The topological polar surface area (TPSA) is 66.9 Å². The summed E-state index contributed by atoms with van der Waals surface area (Å²) in [4.78, 5) is 24.8. The normalized spacial score (nSPS) is 13.0. The van der Waals surface area contributed by atoms with Crippen LogP contribution in [0.5, 0.6) is 0 Å². The van der Waals surface area contributed by atoms with Crippen LogP contribution in [0.3, 0.4) is 0 Å². The van der Waals surface area contributed by atoms with Crippen molar-refractivity contribution < 1.29 is 0 Å². The van der Waals surface area contributed by atoms with Gasteiger partial charge in [-0.3, -0.25) is 14.3 Å². The molecule has 1 rings (SSSR count). The third kappa shape index (κ3) is 4.12. The Kier molecular flexibility index (Phi) is 5.14. The van der Waals surface area contributed by atoms with Gasteiger partial charge in [-0.15, -0.1) is 0 Å². The molecule has 5 nitrogen and oxygen atoms in total. The highest BCUT2D eigenvalue weighted by molar-refractivity contribution is 9.10. The summed E-state index contributed by atoms with van der Waals surface area (Å²) in [6.07, 6.45) is 1.52. The van der Waals surface area contributed by atoms with Gasteiger partial charge in [-0.05, 0) is 28.8 Å². The van der Waals surface area contributed by atoms with Crippen molar-refractivity contribution in [2.75, 3.05) is 6.54 Å². The van der Waals surface area contributed by atoms with Crippen molar-refractivity contribution in [1.82, 2.24) is 14.9 Å². The Morgan fingerprint density at radius 2 is 2.06 bits per heavy atom. The summed E-state index contributed by atoms with van der Waals surface area (Å²) in [7, 11) is 0. The second-order valence-corrected chi connectivity index (χ2v) is 5.27. The van der Waals surface area contributed by atoms with E-state index < -0.39 is 5.56 Å². The van der Waals surface area contributed by atoms with Crippen LogP contribution < -0.4 is 16.6 Å². The number of H-pyrrole nitrogens is 1. The number of aromatic amines is 1. The van der Waals surface area contributed by atoms with E-state index in [1.54, 1.807) is 0 Å². The van der Waals surface area contributed by atoms with Crippen LogP contribution in [0.2, 0.25) is 0 Å². The third-order valence-corrected chi connectivity index (χ3v) is 3.35. The molecule has 0 bridgehead atoms. The van der Waals surface area contributed by atoms with Gasteiger partial charge in [0.2, 0.25) is 0 Å². The fourth-order valence-electron chi connectivity index (χ4n) is 1.30. The summed E-state index contributed by atoms with van der Waals surface area (Å²) in [5.74, 6) is 0.550. The number of nitrogens with one attached hydrogen (secondary N) is 2. The summed E-state index contributed by atoms with van der Waals surface area (Å²) in [6.45, 7) is 7.61. The Labute approximate surface area is 108 Å². The van der Waals surface area contributed by atoms with Crippen molar-refractivity contribution in [2.24, 2.45) is 5.92 Å². The first-order valence-corrected chi connectivity index (χ1v) is 6.43. The first kappa shape index (κ1) is 14.2. The number of aromatic nitrogens is 2. The molecule has 0 saturated heterocycles. The van der Waals surface area contributed by atoms with Crippen LogP contribution in [0.15, 0.2) is 20.3 Å². The molecule has 0 aliphatic carbocycles. The highest BCUT2D eigenvalue weighted by Crippen LogP contribution is 2.00. The number of rotatable bonds is 5. The molecule has 1 unspecified atom stereocenters. The van der Waals surface area contributed by atoms with Crippen LogP contribution in [0, 0.1) is 5.92 Å². The maximum absolute atomic E-state index is 11.5. The Bertz CT molecular complexity index is 478. The van der Waals surface area contributed by atoms with Gasteiger partial charge in [0.1, 0.15) is 0 Å². The van der Waals surface area contributed by atoms with Gasteiger partial charge in [0.25, 0.3) is 5.56 Å². The molecule has 2 N–H and O–H groups in total. The zero-order chi connectivity index (χ0) is 13.0. The maximum Gasteiger partial charge on any atom is 0.328 e. The molecule has 1 aromatic rings. The number of halogens is 1. The van der Waals surface area contributed by atoms with Crippen LogP contribution in [0.4, 0.5) is 0 Å². The van der Waals surface area contributed by atoms with Crippen molar-refractivity contribution in [2.45, 2.75) is 33.4 Å². The summed E-state index contributed by atoms with van der Waals surface area (Å²) in [6, 6.07) is 0.400. The van der Waals surface area contributed by atoms with Crippen LogP contribution in [-0.2, 0) is 6.54 Å². The van der Waals surface area contributed by atoms with Crippen molar-refractivity contribution in [3.63, 3.8) is 0 Å². The molecule has 1 aromatic heterocycles. The lowest BCUT2D eigenvalue weighted by atomic mass is 10.1. The molecular weight excluding hydrogens is 286 g/mol.